The van der Waals surface area contributed by atoms with Crippen LogP contribution in [0.3, 0.4) is 0 Å². The third-order valence-corrected chi connectivity index (χ3v) is 3.13. The van der Waals surface area contributed by atoms with Crippen molar-refractivity contribution >= 4 is 16.6 Å². The zero-order chi connectivity index (χ0) is 11.0. The summed E-state index contributed by atoms with van der Waals surface area (Å²) >= 11 is 0. The molecule has 2 heterocycles. The standard InChI is InChI=1S/C13H16N2O/c1-10-9-11-12(14-10)3-2-4-13(11)15-5-7-16-8-6-15/h2-4,9,14H,5-8H2,1H3. The van der Waals surface area contributed by atoms with Crippen LogP contribution in [0.25, 0.3) is 10.9 Å². The van der Waals surface area contributed by atoms with Gasteiger partial charge in [0.1, 0.15) is 0 Å². The maximum absolute atomic E-state index is 5.39. The number of ether oxygens (including phenoxy) is 1. The summed E-state index contributed by atoms with van der Waals surface area (Å²) in [6.07, 6.45) is 0. The number of benzene rings is 1. The van der Waals surface area contributed by atoms with Crippen LogP contribution in [0.15, 0.2) is 24.3 Å². The van der Waals surface area contributed by atoms with Crippen LogP contribution in [0.5, 0.6) is 0 Å². The van der Waals surface area contributed by atoms with Crippen molar-refractivity contribution in [3.8, 4) is 0 Å². The topological polar surface area (TPSA) is 28.3 Å². The van der Waals surface area contributed by atoms with Crippen molar-refractivity contribution in [1.82, 2.24) is 4.98 Å². The van der Waals surface area contributed by atoms with Crippen molar-refractivity contribution in [2.45, 2.75) is 6.92 Å². The minimum Gasteiger partial charge on any atom is -0.378 e. The second-order valence-corrected chi connectivity index (χ2v) is 4.29. The third-order valence-electron chi connectivity index (χ3n) is 3.13. The van der Waals surface area contributed by atoms with Crippen molar-refractivity contribution in [2.75, 3.05) is 31.2 Å². The number of aromatic amines is 1. The first-order chi connectivity index (χ1) is 7.84. The highest BCUT2D eigenvalue weighted by Gasteiger charge is 2.14. The molecule has 0 bridgehead atoms. The average molecular weight is 216 g/mol. The van der Waals surface area contributed by atoms with Crippen LogP contribution in [-0.4, -0.2) is 31.3 Å². The first kappa shape index (κ1) is 9.73. The number of aryl methyl sites for hydroxylation is 1. The van der Waals surface area contributed by atoms with Gasteiger partial charge in [-0.3, -0.25) is 0 Å². The summed E-state index contributed by atoms with van der Waals surface area (Å²) in [5, 5.41) is 1.32. The monoisotopic (exact) mass is 216 g/mol. The number of hydrogen-bond acceptors (Lipinski definition) is 2. The number of H-pyrrole nitrogens is 1. The van der Waals surface area contributed by atoms with E-state index in [1.807, 2.05) is 0 Å². The molecule has 1 N–H and O–H groups in total. The first-order valence-electron chi connectivity index (χ1n) is 5.75. The molecule has 0 atom stereocenters. The second kappa shape index (κ2) is 3.83. The number of fused-ring (bicyclic) bond motifs is 1. The molecule has 2 aromatic rings. The zero-order valence-corrected chi connectivity index (χ0v) is 9.49. The number of anilines is 1. The predicted molar refractivity (Wildman–Crippen MR) is 66.1 cm³/mol. The van der Waals surface area contributed by atoms with Gasteiger partial charge in [0.15, 0.2) is 0 Å². The summed E-state index contributed by atoms with van der Waals surface area (Å²) < 4.78 is 5.39. The van der Waals surface area contributed by atoms with E-state index in [4.69, 9.17) is 4.74 Å². The van der Waals surface area contributed by atoms with Gasteiger partial charge in [-0.15, -0.1) is 0 Å². The molecular weight excluding hydrogens is 200 g/mol. The average Bonchev–Trinajstić information content (AvgIpc) is 2.70. The zero-order valence-electron chi connectivity index (χ0n) is 9.49. The Bertz CT molecular complexity index is 498. The number of morpholine rings is 1. The van der Waals surface area contributed by atoms with E-state index >= 15 is 0 Å². The SMILES string of the molecule is Cc1cc2c(N3CCOCC3)cccc2[nH]1. The molecule has 0 amide bonds. The van der Waals surface area contributed by atoms with Gasteiger partial charge in [-0.05, 0) is 25.1 Å². The predicted octanol–water partition coefficient (Wildman–Crippen LogP) is 2.31. The molecule has 1 fully saturated rings. The van der Waals surface area contributed by atoms with E-state index in [0.717, 1.165) is 26.3 Å². The van der Waals surface area contributed by atoms with Gasteiger partial charge in [-0.25, -0.2) is 0 Å². The highest BCUT2D eigenvalue weighted by molar-refractivity contribution is 5.93. The van der Waals surface area contributed by atoms with E-state index < -0.39 is 0 Å². The summed E-state index contributed by atoms with van der Waals surface area (Å²) in [6, 6.07) is 8.66. The Morgan fingerprint density at radius 3 is 2.88 bits per heavy atom. The quantitative estimate of drug-likeness (QED) is 0.792. The van der Waals surface area contributed by atoms with E-state index in [9.17, 15) is 0 Å². The third kappa shape index (κ3) is 1.57. The summed E-state index contributed by atoms with van der Waals surface area (Å²) in [7, 11) is 0. The van der Waals surface area contributed by atoms with Crippen LogP contribution in [0, 0.1) is 6.92 Å². The molecule has 3 nitrogen and oxygen atoms in total. The lowest BCUT2D eigenvalue weighted by Crippen LogP contribution is -2.36. The largest absolute Gasteiger partial charge is 0.378 e. The molecule has 1 aromatic carbocycles. The molecular formula is C13H16N2O. The fraction of sp³-hybridized carbons (Fsp3) is 0.385. The van der Waals surface area contributed by atoms with Crippen molar-refractivity contribution in [3.05, 3.63) is 30.0 Å². The molecule has 16 heavy (non-hydrogen) atoms. The van der Waals surface area contributed by atoms with Crippen molar-refractivity contribution < 1.29 is 4.74 Å². The molecule has 1 saturated heterocycles. The lowest BCUT2D eigenvalue weighted by Gasteiger charge is -2.29. The van der Waals surface area contributed by atoms with Crippen LogP contribution in [0.1, 0.15) is 5.69 Å². The molecule has 0 saturated carbocycles. The van der Waals surface area contributed by atoms with Crippen molar-refractivity contribution in [1.29, 1.82) is 0 Å². The number of hydrogen-bond donors (Lipinski definition) is 1. The molecule has 0 spiro atoms. The minimum absolute atomic E-state index is 0.833. The molecule has 1 aliphatic heterocycles. The molecule has 1 aromatic heterocycles. The number of aromatic nitrogens is 1. The fourth-order valence-electron chi connectivity index (χ4n) is 2.36. The number of rotatable bonds is 1. The highest BCUT2D eigenvalue weighted by atomic mass is 16.5. The summed E-state index contributed by atoms with van der Waals surface area (Å²) in [5.74, 6) is 0. The van der Waals surface area contributed by atoms with Gasteiger partial charge >= 0.3 is 0 Å². The summed E-state index contributed by atoms with van der Waals surface area (Å²) in [6.45, 7) is 5.75. The van der Waals surface area contributed by atoms with Crippen LogP contribution in [0.4, 0.5) is 5.69 Å². The fourth-order valence-corrected chi connectivity index (χ4v) is 2.36. The molecule has 0 aliphatic carbocycles. The maximum atomic E-state index is 5.39. The summed E-state index contributed by atoms with van der Waals surface area (Å²) in [4.78, 5) is 5.78. The maximum Gasteiger partial charge on any atom is 0.0642 e. The van der Waals surface area contributed by atoms with Gasteiger partial charge < -0.3 is 14.6 Å². The Kier molecular flexibility index (Phi) is 2.33. The van der Waals surface area contributed by atoms with E-state index in [2.05, 4.69) is 41.1 Å². The van der Waals surface area contributed by atoms with Gasteiger partial charge in [0, 0.05) is 35.4 Å². The Hall–Kier alpha value is -1.48. The lowest BCUT2D eigenvalue weighted by atomic mass is 10.2. The Labute approximate surface area is 95.0 Å². The lowest BCUT2D eigenvalue weighted by molar-refractivity contribution is 0.123. The van der Waals surface area contributed by atoms with E-state index in [-0.39, 0.29) is 0 Å². The molecule has 1 aliphatic rings. The van der Waals surface area contributed by atoms with E-state index in [1.54, 1.807) is 0 Å². The molecule has 84 valence electrons. The normalized spacial score (nSPS) is 16.9. The van der Waals surface area contributed by atoms with Crippen LogP contribution >= 0.6 is 0 Å². The summed E-state index contributed by atoms with van der Waals surface area (Å²) in [5.41, 5.74) is 3.77. The van der Waals surface area contributed by atoms with Crippen LogP contribution < -0.4 is 4.90 Å². The Balaban J connectivity index is 2.07. The van der Waals surface area contributed by atoms with Gasteiger partial charge in [0.25, 0.3) is 0 Å². The molecule has 3 rings (SSSR count). The number of nitrogens with one attached hydrogen (secondary N) is 1. The molecule has 0 radical (unpaired) electrons. The second-order valence-electron chi connectivity index (χ2n) is 4.29. The molecule has 3 heteroatoms. The van der Waals surface area contributed by atoms with Gasteiger partial charge in [-0.1, -0.05) is 6.07 Å². The van der Waals surface area contributed by atoms with Crippen LogP contribution in [0.2, 0.25) is 0 Å². The van der Waals surface area contributed by atoms with Gasteiger partial charge in [0.2, 0.25) is 0 Å². The van der Waals surface area contributed by atoms with Crippen LogP contribution in [-0.2, 0) is 4.74 Å². The van der Waals surface area contributed by atoms with Gasteiger partial charge in [0.05, 0.1) is 13.2 Å². The van der Waals surface area contributed by atoms with E-state index in [0.29, 0.717) is 0 Å². The Morgan fingerprint density at radius 1 is 1.25 bits per heavy atom. The van der Waals surface area contributed by atoms with E-state index in [1.165, 1.54) is 22.3 Å². The number of nitrogens with zero attached hydrogens (tertiary/aromatic N) is 1. The minimum atomic E-state index is 0.833. The molecule has 0 unspecified atom stereocenters. The smallest absolute Gasteiger partial charge is 0.0642 e. The van der Waals surface area contributed by atoms with Crippen molar-refractivity contribution in [2.24, 2.45) is 0 Å². The van der Waals surface area contributed by atoms with Gasteiger partial charge in [-0.2, -0.15) is 0 Å². The van der Waals surface area contributed by atoms with Crippen molar-refractivity contribution in [3.63, 3.8) is 0 Å². The highest BCUT2D eigenvalue weighted by Crippen LogP contribution is 2.27. The Morgan fingerprint density at radius 2 is 2.06 bits per heavy atom. The first-order valence-corrected chi connectivity index (χ1v) is 5.75.